The van der Waals surface area contributed by atoms with Crippen molar-refractivity contribution in [3.63, 3.8) is 0 Å². The van der Waals surface area contributed by atoms with E-state index in [1.807, 2.05) is 0 Å². The van der Waals surface area contributed by atoms with E-state index in [0.717, 1.165) is 0 Å². The number of rotatable bonds is 2. The van der Waals surface area contributed by atoms with Gasteiger partial charge in [0.25, 0.3) is 0 Å². The van der Waals surface area contributed by atoms with Gasteiger partial charge in [-0.3, -0.25) is 5.31 Å². The molecule has 1 aliphatic rings. The van der Waals surface area contributed by atoms with Gasteiger partial charge in [0.15, 0.2) is 0 Å². The number of piperidine rings is 1. The van der Waals surface area contributed by atoms with Crippen LogP contribution in [-0.4, -0.2) is 35.4 Å². The maximum Gasteiger partial charge on any atom is 0.125 e. The quantitative estimate of drug-likeness (QED) is 0.645. The van der Waals surface area contributed by atoms with Crippen molar-refractivity contribution in [2.24, 2.45) is 0 Å². The molecular formula is C8H16ClNO2. The highest BCUT2D eigenvalue weighted by Crippen LogP contribution is 2.17. The Labute approximate surface area is 87.9 Å². The molecule has 3 atom stereocenters. The lowest BCUT2D eigenvalue weighted by Gasteiger charge is -2.32. The van der Waals surface area contributed by atoms with Crippen molar-refractivity contribution in [2.75, 3.05) is 6.50 Å². The van der Waals surface area contributed by atoms with Crippen LogP contribution in [0.15, 0.2) is 0 Å². The van der Waals surface area contributed by atoms with Crippen LogP contribution in [0.4, 0.5) is 0 Å². The fraction of sp³-hybridized carbons (Fsp3) is 1.00. The van der Waals surface area contributed by atoms with Crippen LogP contribution in [0.5, 0.6) is 0 Å². The van der Waals surface area contributed by atoms with E-state index in [2.05, 4.69) is 0 Å². The predicted octanol–water partition coefficient (Wildman–Crippen LogP) is 0.699. The van der Waals surface area contributed by atoms with Crippen LogP contribution >= 0.6 is 11.6 Å². The first kappa shape index (κ1) is 4.13. The highest BCUT2D eigenvalue weighted by atomic mass is 35.5. The molecule has 1 rings (SSSR count). The molecule has 1 saturated heterocycles. The molecule has 0 aromatic carbocycles. The standard InChI is InChI=1S/C8H16ClNO2/c1-5(2)12-8-7(9)3-6(11)4-10-8/h5-8,10-11H,3-4H2,1-2H3/i3D2,4D2,6D,7D/hD. The Hall–Kier alpha value is 0.170. The smallest absolute Gasteiger partial charge is 0.125 e. The number of nitrogens with one attached hydrogen (secondary N) is 1. The third kappa shape index (κ3) is 2.90. The number of alkyl halides is 1. The molecule has 1 heterocycles. The summed E-state index contributed by atoms with van der Waals surface area (Å²) in [5.74, 6) is 0. The molecular weight excluding hydrogens is 178 g/mol. The van der Waals surface area contributed by atoms with Crippen molar-refractivity contribution in [2.45, 2.75) is 44.0 Å². The molecule has 1 aliphatic heterocycles. The van der Waals surface area contributed by atoms with E-state index in [1.54, 1.807) is 13.8 Å². The van der Waals surface area contributed by atoms with Gasteiger partial charge in [-0.15, -0.1) is 11.6 Å². The number of hydrogen-bond acceptors (Lipinski definition) is 3. The van der Waals surface area contributed by atoms with Gasteiger partial charge in [0.1, 0.15) is 7.64 Å². The second kappa shape index (κ2) is 4.42. The van der Waals surface area contributed by atoms with E-state index < -0.39 is 36.6 Å². The molecule has 2 N–H and O–H groups in total. The van der Waals surface area contributed by atoms with E-state index in [-0.39, 0.29) is 5.31 Å². The van der Waals surface area contributed by atoms with Crippen LogP contribution in [0.1, 0.15) is 28.4 Å². The van der Waals surface area contributed by atoms with Gasteiger partial charge >= 0.3 is 0 Å². The minimum atomic E-state index is -3.40. The van der Waals surface area contributed by atoms with Crippen LogP contribution in [0.25, 0.3) is 0 Å². The van der Waals surface area contributed by atoms with Gasteiger partial charge in [-0.05, 0) is 20.2 Å². The van der Waals surface area contributed by atoms with Gasteiger partial charge in [0, 0.05) is 12.0 Å². The second-order valence-corrected chi connectivity index (χ2v) is 3.01. The maximum absolute atomic E-state index is 9.78. The summed E-state index contributed by atoms with van der Waals surface area (Å²) in [5.41, 5.74) is 0. The fourth-order valence-electron chi connectivity index (χ4n) is 0.727. The Bertz CT molecular complexity index is 363. The highest BCUT2D eigenvalue weighted by Gasteiger charge is 2.28. The van der Waals surface area contributed by atoms with Gasteiger partial charge in [-0.2, -0.15) is 0 Å². The molecule has 0 amide bonds. The van der Waals surface area contributed by atoms with Gasteiger partial charge < -0.3 is 9.84 Å². The Morgan fingerprint density at radius 3 is 3.17 bits per heavy atom. The Morgan fingerprint density at radius 1 is 1.92 bits per heavy atom. The maximum atomic E-state index is 9.78. The topological polar surface area (TPSA) is 41.5 Å². The van der Waals surface area contributed by atoms with E-state index in [0.29, 0.717) is 0 Å². The number of ether oxygens (including phenoxy) is 1. The summed E-state index contributed by atoms with van der Waals surface area (Å²) in [5, 5.41) is 7.09. The van der Waals surface area contributed by atoms with Crippen LogP contribution in [0, 0.1) is 0 Å². The first-order valence-electron chi connectivity index (χ1n) is 7.01. The molecule has 0 aliphatic carbocycles. The molecule has 72 valence electrons. The molecule has 12 heavy (non-hydrogen) atoms. The summed E-state index contributed by atoms with van der Waals surface area (Å²) < 4.78 is 58.4. The molecule has 3 nitrogen and oxygen atoms in total. The SMILES string of the molecule is [2H]N1C(OC(C)C)C([2H])(Cl)C([2H])([2H])C([2H])(O)C1([2H])[2H]. The van der Waals surface area contributed by atoms with Gasteiger partial charge in [-0.25, -0.2) is 0 Å². The number of halogens is 1. The van der Waals surface area contributed by atoms with Crippen molar-refractivity contribution in [1.29, 1.82) is 0 Å². The normalized spacial score (nSPS) is 68.1. The average molecular weight is 201 g/mol. The third-order valence-corrected chi connectivity index (χ3v) is 1.42. The molecule has 0 aromatic heterocycles. The summed E-state index contributed by atoms with van der Waals surface area (Å²) in [7, 11) is 0. The van der Waals surface area contributed by atoms with Crippen molar-refractivity contribution in [3.8, 4) is 0 Å². The molecule has 0 radical (unpaired) electrons. The van der Waals surface area contributed by atoms with Gasteiger partial charge in [-0.1, -0.05) is 0 Å². The third-order valence-electron chi connectivity index (χ3n) is 1.14. The summed E-state index contributed by atoms with van der Waals surface area (Å²) in [6.07, 6.45) is -8.90. The minimum Gasteiger partial charge on any atom is -0.392 e. The molecule has 1 fully saturated rings. The highest BCUT2D eigenvalue weighted by molar-refractivity contribution is 6.21. The molecule has 4 heteroatoms. The molecule has 0 bridgehead atoms. The minimum absolute atomic E-state index is 0.0291. The predicted molar refractivity (Wildman–Crippen MR) is 48.3 cm³/mol. The van der Waals surface area contributed by atoms with Crippen LogP contribution in [0.2, 0.25) is 1.41 Å². The Balaban J connectivity index is 3.39. The van der Waals surface area contributed by atoms with Crippen LogP contribution < -0.4 is 5.31 Å². The lowest BCUT2D eigenvalue weighted by Crippen LogP contribution is -2.50. The van der Waals surface area contributed by atoms with Crippen molar-refractivity contribution >= 4 is 11.6 Å². The zero-order valence-electron chi connectivity index (χ0n) is 13.8. The van der Waals surface area contributed by atoms with E-state index in [1.165, 1.54) is 0 Å². The van der Waals surface area contributed by atoms with Gasteiger partial charge in [0.2, 0.25) is 0 Å². The summed E-state index contributed by atoms with van der Waals surface area (Å²) in [4.78, 5) is 0. The largest absolute Gasteiger partial charge is 0.392 e. The van der Waals surface area contributed by atoms with E-state index >= 15 is 0 Å². The Morgan fingerprint density at radius 2 is 2.58 bits per heavy atom. The van der Waals surface area contributed by atoms with Crippen molar-refractivity contribution < 1.29 is 19.5 Å². The first-order chi connectivity index (χ1) is 8.21. The summed E-state index contributed by atoms with van der Waals surface area (Å²) in [6, 6.07) is 0. The van der Waals surface area contributed by atoms with E-state index in [4.69, 9.17) is 26.0 Å². The fourth-order valence-corrected chi connectivity index (χ4v) is 0.917. The first-order valence-corrected chi connectivity index (χ1v) is 3.94. The van der Waals surface area contributed by atoms with Crippen LogP contribution in [0.3, 0.4) is 0 Å². The summed E-state index contributed by atoms with van der Waals surface area (Å²) in [6.45, 7) is -0.00357. The zero-order chi connectivity index (χ0) is 15.4. The van der Waals surface area contributed by atoms with Crippen molar-refractivity contribution in [3.05, 3.63) is 0 Å². The number of aliphatic hydroxyl groups is 1. The van der Waals surface area contributed by atoms with Crippen molar-refractivity contribution in [1.82, 2.24) is 5.31 Å². The number of β-amino-alcohol motifs (C(OH)–C–C–N with tert-alkyl or cyclic N) is 1. The average Bonchev–Trinajstić information content (AvgIpc) is 2.22. The number of hydrogen-bond donors (Lipinski definition) is 2. The molecule has 0 spiro atoms. The second-order valence-electron chi connectivity index (χ2n) is 2.60. The van der Waals surface area contributed by atoms with Gasteiger partial charge in [0.05, 0.1) is 20.3 Å². The lowest BCUT2D eigenvalue weighted by molar-refractivity contribution is -0.0426. The zero-order valence-corrected chi connectivity index (χ0v) is 7.59. The molecule has 0 aromatic rings. The molecule has 0 saturated carbocycles. The summed E-state index contributed by atoms with van der Waals surface area (Å²) >= 11 is 5.74. The lowest BCUT2D eigenvalue weighted by atomic mass is 10.1. The van der Waals surface area contributed by atoms with Crippen LogP contribution in [-0.2, 0) is 4.74 Å². The molecule has 3 unspecified atom stereocenters. The van der Waals surface area contributed by atoms with E-state index in [9.17, 15) is 5.11 Å². The monoisotopic (exact) mass is 200 g/mol. The Kier molecular flexibility index (Phi) is 1.52.